The van der Waals surface area contributed by atoms with E-state index in [4.69, 9.17) is 10.5 Å². The number of aromatic nitrogens is 1. The summed E-state index contributed by atoms with van der Waals surface area (Å²) in [5.74, 6) is 0.600. The molecule has 9 nitrogen and oxygen atoms in total. The Bertz CT molecular complexity index is 1070. The lowest BCUT2D eigenvalue weighted by molar-refractivity contribution is -0.384. The molecule has 0 unspecified atom stereocenters. The van der Waals surface area contributed by atoms with E-state index >= 15 is 0 Å². The Kier molecular flexibility index (Phi) is 6.03. The van der Waals surface area contributed by atoms with Crippen LogP contribution in [0.4, 0.5) is 11.4 Å². The van der Waals surface area contributed by atoms with Crippen LogP contribution in [0, 0.1) is 10.1 Å². The number of nitrogens with zero attached hydrogens (tertiary/aromatic N) is 3. The van der Waals surface area contributed by atoms with E-state index in [0.717, 1.165) is 28.6 Å². The van der Waals surface area contributed by atoms with E-state index < -0.39 is 4.92 Å². The van der Waals surface area contributed by atoms with Gasteiger partial charge < -0.3 is 25.3 Å². The summed E-state index contributed by atoms with van der Waals surface area (Å²) in [6.07, 6.45) is 2.73. The smallest absolute Gasteiger partial charge is 0.269 e. The third kappa shape index (κ3) is 4.61. The van der Waals surface area contributed by atoms with Crippen LogP contribution >= 0.6 is 0 Å². The number of fused-ring (bicyclic) bond motifs is 1. The molecule has 162 valence electrons. The Hall–Kier alpha value is -3.59. The number of piperazine rings is 1. The highest BCUT2D eigenvalue weighted by Crippen LogP contribution is 2.24. The van der Waals surface area contributed by atoms with Gasteiger partial charge in [-0.15, -0.1) is 0 Å². The van der Waals surface area contributed by atoms with Crippen molar-refractivity contribution in [3.63, 3.8) is 0 Å². The Morgan fingerprint density at radius 2 is 1.87 bits per heavy atom. The fourth-order valence-electron chi connectivity index (χ4n) is 3.85. The van der Waals surface area contributed by atoms with Crippen molar-refractivity contribution >= 4 is 28.2 Å². The molecule has 4 rings (SSSR count). The van der Waals surface area contributed by atoms with Crippen LogP contribution in [0.25, 0.3) is 10.9 Å². The quantitative estimate of drug-likeness (QED) is 0.445. The summed E-state index contributed by atoms with van der Waals surface area (Å²) in [5.41, 5.74) is 8.81. The molecule has 1 aliphatic heterocycles. The second-order valence-corrected chi connectivity index (χ2v) is 7.49. The highest BCUT2D eigenvalue weighted by atomic mass is 16.6. The maximum Gasteiger partial charge on any atom is 0.269 e. The molecule has 0 aliphatic carbocycles. The van der Waals surface area contributed by atoms with Crippen LogP contribution < -0.4 is 15.4 Å². The molecule has 0 saturated carbocycles. The number of rotatable bonds is 7. The predicted molar refractivity (Wildman–Crippen MR) is 118 cm³/mol. The number of non-ortho nitro benzene ring substituents is 1. The van der Waals surface area contributed by atoms with Gasteiger partial charge in [-0.05, 0) is 48.9 Å². The van der Waals surface area contributed by atoms with E-state index in [9.17, 15) is 14.9 Å². The highest BCUT2D eigenvalue weighted by Gasteiger charge is 2.22. The SMILES string of the molecule is NCCc1c[nH]c2ccc(OCC(=O)N3CCN(c4ccc([N+](=O)[O-])cc4)CC3)cc12. The van der Waals surface area contributed by atoms with E-state index in [2.05, 4.69) is 9.88 Å². The number of amides is 1. The third-order valence-corrected chi connectivity index (χ3v) is 5.57. The summed E-state index contributed by atoms with van der Waals surface area (Å²) in [6.45, 7) is 3.05. The molecule has 0 spiro atoms. The topological polar surface area (TPSA) is 118 Å². The lowest BCUT2D eigenvalue weighted by atomic mass is 10.1. The number of nitrogens with one attached hydrogen (secondary N) is 1. The van der Waals surface area contributed by atoms with Gasteiger partial charge in [-0.3, -0.25) is 14.9 Å². The minimum atomic E-state index is -0.410. The Morgan fingerprint density at radius 1 is 1.13 bits per heavy atom. The van der Waals surface area contributed by atoms with Crippen LogP contribution in [-0.2, 0) is 11.2 Å². The van der Waals surface area contributed by atoms with Crippen LogP contribution in [0.5, 0.6) is 5.75 Å². The van der Waals surface area contributed by atoms with Gasteiger partial charge in [0.1, 0.15) is 5.75 Å². The molecule has 1 saturated heterocycles. The van der Waals surface area contributed by atoms with Crippen LogP contribution in [0.3, 0.4) is 0 Å². The molecule has 3 aromatic rings. The first-order valence-electron chi connectivity index (χ1n) is 10.2. The standard InChI is InChI=1S/C22H25N5O4/c23-8-7-16-14-24-21-6-5-19(13-20(16)21)31-15-22(28)26-11-9-25(10-12-26)17-1-3-18(4-2-17)27(29)30/h1-6,13-14,24H,7-12,15,23H2. The summed E-state index contributed by atoms with van der Waals surface area (Å²) in [7, 11) is 0. The van der Waals surface area contributed by atoms with Crippen LogP contribution in [0.15, 0.2) is 48.7 Å². The zero-order valence-corrected chi connectivity index (χ0v) is 17.1. The molecule has 2 aromatic carbocycles. The largest absolute Gasteiger partial charge is 0.484 e. The average Bonchev–Trinajstić information content (AvgIpc) is 3.20. The maximum atomic E-state index is 12.6. The van der Waals surface area contributed by atoms with E-state index in [0.29, 0.717) is 38.5 Å². The summed E-state index contributed by atoms with van der Waals surface area (Å²) < 4.78 is 5.76. The van der Waals surface area contributed by atoms with Gasteiger partial charge in [-0.2, -0.15) is 0 Å². The summed E-state index contributed by atoms with van der Waals surface area (Å²) in [5, 5.41) is 11.9. The minimum Gasteiger partial charge on any atom is -0.484 e. The van der Waals surface area contributed by atoms with Gasteiger partial charge in [0.2, 0.25) is 0 Å². The monoisotopic (exact) mass is 423 g/mol. The lowest BCUT2D eigenvalue weighted by Crippen LogP contribution is -2.50. The van der Waals surface area contributed by atoms with E-state index in [-0.39, 0.29) is 18.2 Å². The van der Waals surface area contributed by atoms with Gasteiger partial charge in [-0.25, -0.2) is 0 Å². The average molecular weight is 423 g/mol. The van der Waals surface area contributed by atoms with Crippen LogP contribution in [0.2, 0.25) is 0 Å². The molecule has 3 N–H and O–H groups in total. The number of anilines is 1. The Morgan fingerprint density at radius 3 is 2.55 bits per heavy atom. The van der Waals surface area contributed by atoms with Crippen molar-refractivity contribution in [3.05, 3.63) is 64.3 Å². The number of benzene rings is 2. The van der Waals surface area contributed by atoms with E-state index in [1.165, 1.54) is 12.1 Å². The molecule has 0 radical (unpaired) electrons. The van der Waals surface area contributed by atoms with Gasteiger partial charge in [0.25, 0.3) is 11.6 Å². The van der Waals surface area contributed by atoms with Crippen molar-refractivity contribution < 1.29 is 14.5 Å². The van der Waals surface area contributed by atoms with Gasteiger partial charge >= 0.3 is 0 Å². The highest BCUT2D eigenvalue weighted by molar-refractivity contribution is 5.85. The second-order valence-electron chi connectivity index (χ2n) is 7.49. The number of nitro groups is 1. The number of hydrogen-bond donors (Lipinski definition) is 2. The number of hydrogen-bond acceptors (Lipinski definition) is 6. The third-order valence-electron chi connectivity index (χ3n) is 5.57. The van der Waals surface area contributed by atoms with Crippen molar-refractivity contribution in [2.75, 3.05) is 44.2 Å². The summed E-state index contributed by atoms with van der Waals surface area (Å²) in [6, 6.07) is 12.2. The summed E-state index contributed by atoms with van der Waals surface area (Å²) >= 11 is 0. The number of nitro benzene ring substituents is 1. The number of H-pyrrole nitrogens is 1. The number of ether oxygens (including phenoxy) is 1. The van der Waals surface area contributed by atoms with Gasteiger partial charge in [0, 0.05) is 61.1 Å². The molecule has 1 fully saturated rings. The molecule has 0 bridgehead atoms. The van der Waals surface area contributed by atoms with Gasteiger partial charge in [0.15, 0.2) is 6.61 Å². The van der Waals surface area contributed by atoms with Crippen molar-refractivity contribution in [1.82, 2.24) is 9.88 Å². The van der Waals surface area contributed by atoms with E-state index in [1.54, 1.807) is 17.0 Å². The molecule has 2 heterocycles. The molecule has 1 aromatic heterocycles. The Labute approximate surface area is 179 Å². The van der Waals surface area contributed by atoms with Crippen molar-refractivity contribution in [3.8, 4) is 5.75 Å². The predicted octanol–water partition coefficient (Wildman–Crippen LogP) is 2.30. The number of nitrogens with two attached hydrogens (primary N) is 1. The first-order chi connectivity index (χ1) is 15.0. The molecule has 1 amide bonds. The molecule has 1 aliphatic rings. The number of carbonyl (C=O) groups is 1. The van der Waals surface area contributed by atoms with Crippen molar-refractivity contribution in [1.29, 1.82) is 0 Å². The van der Waals surface area contributed by atoms with Crippen LogP contribution in [0.1, 0.15) is 5.56 Å². The zero-order valence-electron chi connectivity index (χ0n) is 17.1. The molecular formula is C22H25N5O4. The van der Waals surface area contributed by atoms with Crippen molar-refractivity contribution in [2.45, 2.75) is 6.42 Å². The summed E-state index contributed by atoms with van der Waals surface area (Å²) in [4.78, 5) is 30.1. The first-order valence-corrected chi connectivity index (χ1v) is 10.2. The van der Waals surface area contributed by atoms with Gasteiger partial charge in [0.05, 0.1) is 4.92 Å². The normalized spacial score (nSPS) is 14.1. The Balaban J connectivity index is 1.30. The zero-order chi connectivity index (χ0) is 21.8. The maximum absolute atomic E-state index is 12.6. The lowest BCUT2D eigenvalue weighted by Gasteiger charge is -2.36. The number of aromatic amines is 1. The molecule has 31 heavy (non-hydrogen) atoms. The van der Waals surface area contributed by atoms with Crippen LogP contribution in [-0.4, -0.2) is 60.0 Å². The number of carbonyl (C=O) groups excluding carboxylic acids is 1. The molecule has 9 heteroatoms. The first kappa shape index (κ1) is 20.7. The molecular weight excluding hydrogens is 398 g/mol. The second kappa shape index (κ2) is 9.05. The van der Waals surface area contributed by atoms with E-state index in [1.807, 2.05) is 24.4 Å². The van der Waals surface area contributed by atoms with Crippen molar-refractivity contribution in [2.24, 2.45) is 5.73 Å². The van der Waals surface area contributed by atoms with Gasteiger partial charge in [-0.1, -0.05) is 0 Å². The minimum absolute atomic E-state index is 0.0142. The fourth-order valence-corrected chi connectivity index (χ4v) is 3.85. The fraction of sp³-hybridized carbons (Fsp3) is 0.318. The molecule has 0 atom stereocenters.